The van der Waals surface area contributed by atoms with Crippen LogP contribution in [0.2, 0.25) is 0 Å². The van der Waals surface area contributed by atoms with Crippen LogP contribution in [0.15, 0.2) is 58.3 Å². The molecule has 1 heterocycles. The second-order valence-corrected chi connectivity index (χ2v) is 5.85. The number of carboxylic acid groups (broad SMARTS) is 1. The Morgan fingerprint density at radius 3 is 2.36 bits per heavy atom. The molecule has 0 spiro atoms. The summed E-state index contributed by atoms with van der Waals surface area (Å²) in [6.07, 6.45) is 1.70. The minimum Gasteiger partial charge on any atom is -0.478 e. The third-order valence-corrected chi connectivity index (χ3v) is 4.39. The summed E-state index contributed by atoms with van der Waals surface area (Å²) in [5, 5.41) is 13.1. The smallest absolute Gasteiger partial charge is 0.332 e. The van der Waals surface area contributed by atoms with Gasteiger partial charge in [0.1, 0.15) is 0 Å². The zero-order valence-corrected chi connectivity index (χ0v) is 12.7. The van der Waals surface area contributed by atoms with Crippen molar-refractivity contribution in [1.29, 1.82) is 0 Å². The van der Waals surface area contributed by atoms with Crippen LogP contribution in [0.1, 0.15) is 19.3 Å². The van der Waals surface area contributed by atoms with Crippen molar-refractivity contribution >= 4 is 34.6 Å². The van der Waals surface area contributed by atoms with Crippen LogP contribution < -0.4 is 4.90 Å². The molecular weight excluding hydrogens is 298 g/mol. The fraction of sp³-hybridized carbons (Fsp3) is 0.176. The standard InChI is InChI=1S/C17H15NO3S/c19-16(14-7-4-8-15(14)17(20)21)18(13-9-10-22-11-13)12-5-2-1-3-6-12/h1-3,5-6,9-11H,4,7-8H2,(H,20,21). The molecule has 0 aliphatic heterocycles. The Bertz CT molecular complexity index is 720. The number of anilines is 2. The Morgan fingerprint density at radius 2 is 1.73 bits per heavy atom. The highest BCUT2D eigenvalue weighted by Crippen LogP contribution is 2.34. The summed E-state index contributed by atoms with van der Waals surface area (Å²) in [6, 6.07) is 11.2. The molecule has 1 amide bonds. The van der Waals surface area contributed by atoms with Gasteiger partial charge in [-0.25, -0.2) is 4.79 Å². The molecule has 2 aromatic rings. The van der Waals surface area contributed by atoms with E-state index < -0.39 is 5.97 Å². The second kappa shape index (κ2) is 6.15. The van der Waals surface area contributed by atoms with Gasteiger partial charge in [-0.1, -0.05) is 18.2 Å². The molecule has 112 valence electrons. The van der Waals surface area contributed by atoms with Gasteiger partial charge in [0.15, 0.2) is 0 Å². The molecule has 1 aliphatic rings. The van der Waals surface area contributed by atoms with Crippen molar-refractivity contribution < 1.29 is 14.7 Å². The average Bonchev–Trinajstić information content (AvgIpc) is 3.20. The number of rotatable bonds is 4. The number of amides is 1. The molecule has 1 N–H and O–H groups in total. The SMILES string of the molecule is O=C(O)C1=C(C(=O)N(c2ccccc2)c2ccsc2)CCC1. The van der Waals surface area contributed by atoms with Gasteiger partial charge in [-0.05, 0) is 42.8 Å². The number of nitrogens with zero attached hydrogens (tertiary/aromatic N) is 1. The number of thiophene rings is 1. The van der Waals surface area contributed by atoms with E-state index >= 15 is 0 Å². The zero-order chi connectivity index (χ0) is 15.5. The molecular formula is C17H15NO3S. The van der Waals surface area contributed by atoms with Crippen LogP contribution in [0.4, 0.5) is 11.4 Å². The third kappa shape index (κ3) is 2.67. The normalized spacial score (nSPS) is 14.2. The summed E-state index contributed by atoms with van der Waals surface area (Å²) in [5.41, 5.74) is 2.18. The summed E-state index contributed by atoms with van der Waals surface area (Å²) < 4.78 is 0. The highest BCUT2D eigenvalue weighted by Gasteiger charge is 2.30. The minimum atomic E-state index is -0.987. The summed E-state index contributed by atoms with van der Waals surface area (Å²) in [6.45, 7) is 0. The predicted molar refractivity (Wildman–Crippen MR) is 86.4 cm³/mol. The first-order chi connectivity index (χ1) is 10.7. The molecule has 22 heavy (non-hydrogen) atoms. The van der Waals surface area contributed by atoms with E-state index in [0.717, 1.165) is 17.8 Å². The van der Waals surface area contributed by atoms with Crippen molar-refractivity contribution in [3.05, 3.63) is 58.3 Å². The largest absolute Gasteiger partial charge is 0.478 e. The molecule has 4 nitrogen and oxygen atoms in total. The lowest BCUT2D eigenvalue weighted by Gasteiger charge is -2.22. The van der Waals surface area contributed by atoms with Crippen molar-refractivity contribution in [3.63, 3.8) is 0 Å². The maximum atomic E-state index is 13.0. The van der Waals surface area contributed by atoms with Gasteiger partial charge in [-0.15, -0.1) is 0 Å². The second-order valence-electron chi connectivity index (χ2n) is 5.07. The van der Waals surface area contributed by atoms with Crippen LogP contribution in [0, 0.1) is 0 Å². The van der Waals surface area contributed by atoms with Crippen LogP contribution >= 0.6 is 11.3 Å². The monoisotopic (exact) mass is 313 g/mol. The Kier molecular flexibility index (Phi) is 4.06. The van der Waals surface area contributed by atoms with Crippen molar-refractivity contribution in [2.45, 2.75) is 19.3 Å². The number of para-hydroxylation sites is 1. The number of carbonyl (C=O) groups excluding carboxylic acids is 1. The quantitative estimate of drug-likeness (QED) is 0.929. The van der Waals surface area contributed by atoms with E-state index in [4.69, 9.17) is 0 Å². The molecule has 1 aliphatic carbocycles. The summed E-state index contributed by atoms with van der Waals surface area (Å²) in [7, 11) is 0. The molecule has 0 fully saturated rings. The zero-order valence-electron chi connectivity index (χ0n) is 11.9. The third-order valence-electron chi connectivity index (χ3n) is 3.72. The van der Waals surface area contributed by atoms with Crippen LogP contribution in [0.5, 0.6) is 0 Å². The van der Waals surface area contributed by atoms with Gasteiger partial charge in [0.2, 0.25) is 0 Å². The highest BCUT2D eigenvalue weighted by atomic mass is 32.1. The van der Waals surface area contributed by atoms with Crippen LogP contribution in [0.3, 0.4) is 0 Å². The number of hydrogen-bond donors (Lipinski definition) is 1. The van der Waals surface area contributed by atoms with Gasteiger partial charge >= 0.3 is 5.97 Å². The number of aliphatic carboxylic acids is 1. The van der Waals surface area contributed by atoms with E-state index in [1.165, 1.54) is 11.3 Å². The highest BCUT2D eigenvalue weighted by molar-refractivity contribution is 7.08. The van der Waals surface area contributed by atoms with Crippen LogP contribution in [0.25, 0.3) is 0 Å². The number of benzene rings is 1. The first kappa shape index (κ1) is 14.5. The number of hydrogen-bond acceptors (Lipinski definition) is 3. The van der Waals surface area contributed by atoms with Gasteiger partial charge in [0, 0.05) is 22.2 Å². The summed E-state index contributed by atoms with van der Waals surface area (Å²) in [4.78, 5) is 25.9. The molecule has 0 bridgehead atoms. The molecule has 1 aromatic carbocycles. The van der Waals surface area contributed by atoms with Crippen molar-refractivity contribution in [2.24, 2.45) is 0 Å². The van der Waals surface area contributed by atoms with E-state index in [2.05, 4.69) is 0 Å². The topological polar surface area (TPSA) is 57.6 Å². The van der Waals surface area contributed by atoms with E-state index in [9.17, 15) is 14.7 Å². The van der Waals surface area contributed by atoms with Crippen molar-refractivity contribution in [1.82, 2.24) is 0 Å². The lowest BCUT2D eigenvalue weighted by Crippen LogP contribution is -2.27. The summed E-state index contributed by atoms with van der Waals surface area (Å²) in [5.74, 6) is -1.22. The van der Waals surface area contributed by atoms with Crippen LogP contribution in [-0.4, -0.2) is 17.0 Å². The van der Waals surface area contributed by atoms with Crippen molar-refractivity contribution in [2.75, 3.05) is 4.90 Å². The minimum absolute atomic E-state index is 0.237. The maximum Gasteiger partial charge on any atom is 0.332 e. The van der Waals surface area contributed by atoms with Gasteiger partial charge in [0.05, 0.1) is 5.69 Å². The molecule has 5 heteroatoms. The predicted octanol–water partition coefficient (Wildman–Crippen LogP) is 3.98. The molecule has 0 radical (unpaired) electrons. The van der Waals surface area contributed by atoms with Gasteiger partial charge in [-0.3, -0.25) is 9.69 Å². The van der Waals surface area contributed by atoms with E-state index in [1.54, 1.807) is 4.90 Å². The van der Waals surface area contributed by atoms with Crippen molar-refractivity contribution in [3.8, 4) is 0 Å². The lowest BCUT2D eigenvalue weighted by atomic mass is 10.1. The Labute approximate surface area is 132 Å². The van der Waals surface area contributed by atoms with Gasteiger partial charge < -0.3 is 5.11 Å². The average molecular weight is 313 g/mol. The number of carboxylic acids is 1. The Hall–Kier alpha value is -2.40. The first-order valence-corrected chi connectivity index (χ1v) is 8.00. The Balaban J connectivity index is 2.06. The van der Waals surface area contributed by atoms with Gasteiger partial charge in [-0.2, -0.15) is 11.3 Å². The molecule has 0 unspecified atom stereocenters. The number of carbonyl (C=O) groups is 2. The molecule has 0 saturated heterocycles. The molecule has 0 atom stereocenters. The van der Waals surface area contributed by atoms with Gasteiger partial charge in [0.25, 0.3) is 5.91 Å². The maximum absolute atomic E-state index is 13.0. The van der Waals surface area contributed by atoms with E-state index in [0.29, 0.717) is 18.4 Å². The summed E-state index contributed by atoms with van der Waals surface area (Å²) >= 11 is 1.50. The lowest BCUT2D eigenvalue weighted by molar-refractivity contribution is -0.133. The fourth-order valence-electron chi connectivity index (χ4n) is 2.70. The van der Waals surface area contributed by atoms with E-state index in [-0.39, 0.29) is 11.5 Å². The van der Waals surface area contributed by atoms with Crippen LogP contribution in [-0.2, 0) is 9.59 Å². The molecule has 0 saturated carbocycles. The fourth-order valence-corrected chi connectivity index (χ4v) is 3.32. The molecule has 3 rings (SSSR count). The Morgan fingerprint density at radius 1 is 1.00 bits per heavy atom. The molecule has 1 aromatic heterocycles. The first-order valence-electron chi connectivity index (χ1n) is 7.05. The van der Waals surface area contributed by atoms with E-state index in [1.807, 2.05) is 47.2 Å².